The van der Waals surface area contributed by atoms with Gasteiger partial charge in [0.15, 0.2) is 0 Å². The first-order valence-electron chi connectivity index (χ1n) is 5.97. The van der Waals surface area contributed by atoms with Gasteiger partial charge in [0.25, 0.3) is 0 Å². The number of hydrogen-bond acceptors (Lipinski definition) is 1. The van der Waals surface area contributed by atoms with Crippen LogP contribution >= 0.6 is 0 Å². The number of likely N-dealkylation sites (tertiary alicyclic amines) is 1. The molecule has 1 aliphatic heterocycles. The molecule has 0 bridgehead atoms. The van der Waals surface area contributed by atoms with Crippen molar-refractivity contribution in [1.82, 2.24) is 4.90 Å². The second-order valence-electron chi connectivity index (χ2n) is 3.78. The highest BCUT2D eigenvalue weighted by Gasteiger charge is 2.19. The van der Waals surface area contributed by atoms with Gasteiger partial charge in [-0.2, -0.15) is 0 Å². The van der Waals surface area contributed by atoms with Gasteiger partial charge in [-0.15, -0.1) is 0 Å². The Balaban J connectivity index is 2.10. The Hall–Kier alpha value is -0.820. The molecule has 70 valence electrons. The first-order valence-corrected chi connectivity index (χ1v) is 4.97. The Morgan fingerprint density at radius 2 is 2.54 bits per heavy atom. The molecule has 0 aliphatic carbocycles. The monoisotopic (exact) mass is 177 g/mol. The zero-order chi connectivity index (χ0) is 10.8. The van der Waals surface area contributed by atoms with Crippen molar-refractivity contribution in [2.24, 2.45) is 0 Å². The summed E-state index contributed by atoms with van der Waals surface area (Å²) in [5.41, 5.74) is 1.04. The van der Waals surface area contributed by atoms with Crippen molar-refractivity contribution in [1.29, 1.82) is 0 Å². The van der Waals surface area contributed by atoms with Gasteiger partial charge in [-0.25, -0.2) is 0 Å². The molecule has 1 fully saturated rings. The SMILES string of the molecule is [2H]c1ccc(CN2CCCC2C)c([2H])c1. The third-order valence-corrected chi connectivity index (χ3v) is 2.79. The minimum Gasteiger partial charge on any atom is -0.296 e. The summed E-state index contributed by atoms with van der Waals surface area (Å²) in [4.78, 5) is 2.41. The topological polar surface area (TPSA) is 3.24 Å². The molecule has 1 saturated heterocycles. The van der Waals surface area contributed by atoms with E-state index in [1.807, 2.05) is 6.07 Å². The second kappa shape index (κ2) is 3.93. The van der Waals surface area contributed by atoms with Crippen LogP contribution in [0, 0.1) is 0 Å². The van der Waals surface area contributed by atoms with E-state index in [-0.39, 0.29) is 0 Å². The smallest absolute Gasteiger partial charge is 0.0626 e. The largest absolute Gasteiger partial charge is 0.296 e. The van der Waals surface area contributed by atoms with E-state index in [0.717, 1.165) is 18.7 Å². The lowest BCUT2D eigenvalue weighted by atomic mass is 10.2. The van der Waals surface area contributed by atoms with E-state index in [1.165, 1.54) is 12.8 Å². The highest BCUT2D eigenvalue weighted by Crippen LogP contribution is 2.18. The Bertz CT molecular complexity index is 351. The minimum atomic E-state index is 0.429. The van der Waals surface area contributed by atoms with Gasteiger partial charge >= 0.3 is 0 Å². The normalized spacial score (nSPS) is 25.8. The van der Waals surface area contributed by atoms with E-state index in [9.17, 15) is 0 Å². The van der Waals surface area contributed by atoms with Gasteiger partial charge in [-0.1, -0.05) is 30.3 Å². The zero-order valence-electron chi connectivity index (χ0n) is 10.1. The summed E-state index contributed by atoms with van der Waals surface area (Å²) in [6.07, 6.45) is 2.54. The molecule has 2 rings (SSSR count). The number of nitrogens with zero attached hydrogens (tertiary/aromatic N) is 1. The first kappa shape index (κ1) is 6.61. The van der Waals surface area contributed by atoms with Crippen molar-refractivity contribution in [3.05, 3.63) is 35.8 Å². The van der Waals surface area contributed by atoms with E-state index in [2.05, 4.69) is 11.8 Å². The summed E-state index contributed by atoms with van der Waals surface area (Å²) >= 11 is 0. The predicted octanol–water partition coefficient (Wildman–Crippen LogP) is 2.67. The summed E-state index contributed by atoms with van der Waals surface area (Å²) in [6, 6.07) is 6.87. The molecule has 1 heteroatoms. The summed E-state index contributed by atoms with van der Waals surface area (Å²) < 4.78 is 15.2. The molecule has 0 aromatic heterocycles. The van der Waals surface area contributed by atoms with Crippen LogP contribution in [0.1, 0.15) is 28.1 Å². The molecule has 0 amide bonds. The van der Waals surface area contributed by atoms with Crippen molar-refractivity contribution in [2.45, 2.75) is 32.4 Å². The molecule has 1 nitrogen and oxygen atoms in total. The summed E-state index contributed by atoms with van der Waals surface area (Å²) in [7, 11) is 0. The van der Waals surface area contributed by atoms with E-state index in [4.69, 9.17) is 2.74 Å². The van der Waals surface area contributed by atoms with Crippen molar-refractivity contribution in [2.75, 3.05) is 6.54 Å². The number of hydrogen-bond donors (Lipinski definition) is 0. The molecule has 1 unspecified atom stereocenters. The van der Waals surface area contributed by atoms with Gasteiger partial charge < -0.3 is 0 Å². The van der Waals surface area contributed by atoms with Crippen LogP contribution in [0.25, 0.3) is 0 Å². The molecule has 1 atom stereocenters. The van der Waals surface area contributed by atoms with Crippen LogP contribution in [0.15, 0.2) is 30.3 Å². The maximum atomic E-state index is 7.79. The average molecular weight is 177 g/mol. The highest BCUT2D eigenvalue weighted by molar-refractivity contribution is 5.14. The molecular weight excluding hydrogens is 158 g/mol. The van der Waals surface area contributed by atoms with Crippen molar-refractivity contribution in [3.8, 4) is 0 Å². The van der Waals surface area contributed by atoms with Gasteiger partial charge in [0, 0.05) is 12.6 Å². The molecule has 0 N–H and O–H groups in total. The van der Waals surface area contributed by atoms with E-state index >= 15 is 0 Å². The predicted molar refractivity (Wildman–Crippen MR) is 55.5 cm³/mol. The van der Waals surface area contributed by atoms with Crippen LogP contribution in [-0.2, 0) is 6.54 Å². The van der Waals surface area contributed by atoms with Crippen LogP contribution in [0.4, 0.5) is 0 Å². The molecule has 0 saturated carbocycles. The van der Waals surface area contributed by atoms with Gasteiger partial charge in [0.1, 0.15) is 0 Å². The molecule has 1 aliphatic rings. The molecule has 13 heavy (non-hydrogen) atoms. The summed E-state index contributed by atoms with van der Waals surface area (Å²) in [5.74, 6) is 0. The lowest BCUT2D eigenvalue weighted by Crippen LogP contribution is -2.25. The maximum Gasteiger partial charge on any atom is 0.0626 e. The third-order valence-electron chi connectivity index (χ3n) is 2.79. The van der Waals surface area contributed by atoms with E-state index in [1.54, 1.807) is 12.1 Å². The van der Waals surface area contributed by atoms with Crippen molar-refractivity contribution < 1.29 is 2.74 Å². The maximum absolute atomic E-state index is 7.79. The second-order valence-corrected chi connectivity index (χ2v) is 3.78. The average Bonchev–Trinajstić information content (AvgIpc) is 2.57. The molecule has 0 spiro atoms. The fourth-order valence-corrected chi connectivity index (χ4v) is 1.92. The van der Waals surface area contributed by atoms with Gasteiger partial charge in [-0.05, 0) is 31.9 Å². The third kappa shape index (κ3) is 2.10. The number of rotatable bonds is 2. The van der Waals surface area contributed by atoms with Crippen LogP contribution < -0.4 is 0 Å². The van der Waals surface area contributed by atoms with Gasteiger partial charge in [0.05, 0.1) is 2.74 Å². The summed E-state index contributed by atoms with van der Waals surface area (Å²) in [6.45, 7) is 4.25. The highest BCUT2D eigenvalue weighted by atomic mass is 15.2. The molecule has 1 heterocycles. The Morgan fingerprint density at radius 3 is 3.23 bits per heavy atom. The van der Waals surface area contributed by atoms with Crippen molar-refractivity contribution >= 4 is 0 Å². The summed E-state index contributed by atoms with van der Waals surface area (Å²) in [5, 5.41) is 0. The fourth-order valence-electron chi connectivity index (χ4n) is 1.92. The Labute approximate surface area is 83.2 Å². The lowest BCUT2D eigenvalue weighted by Gasteiger charge is -2.20. The molecular formula is C12H17N. The Morgan fingerprint density at radius 1 is 1.62 bits per heavy atom. The standard InChI is InChI=1S/C12H17N/c1-11-6-5-9-13(11)10-12-7-3-2-4-8-12/h2-4,7-8,11H,5-6,9-10H2,1H3/i2D,7D. The molecule has 0 radical (unpaired) electrons. The van der Waals surface area contributed by atoms with Crippen LogP contribution in [0.2, 0.25) is 0 Å². The lowest BCUT2D eigenvalue weighted by molar-refractivity contribution is 0.260. The van der Waals surface area contributed by atoms with Gasteiger partial charge in [0.2, 0.25) is 0 Å². The quantitative estimate of drug-likeness (QED) is 0.671. The minimum absolute atomic E-state index is 0.429. The van der Waals surface area contributed by atoms with Crippen LogP contribution in [0.5, 0.6) is 0 Å². The van der Waals surface area contributed by atoms with Gasteiger partial charge in [-0.3, -0.25) is 4.90 Å². The van der Waals surface area contributed by atoms with Crippen LogP contribution in [0.3, 0.4) is 0 Å². The fraction of sp³-hybridized carbons (Fsp3) is 0.500. The molecule has 1 aromatic rings. The van der Waals surface area contributed by atoms with E-state index < -0.39 is 0 Å². The zero-order valence-corrected chi connectivity index (χ0v) is 8.09. The molecule has 1 aromatic carbocycles. The van der Waals surface area contributed by atoms with Crippen molar-refractivity contribution in [3.63, 3.8) is 0 Å². The van der Waals surface area contributed by atoms with Crippen LogP contribution in [-0.4, -0.2) is 17.5 Å². The Kier molecular flexibility index (Phi) is 1.99. The first-order chi connectivity index (χ1) is 7.16. The number of benzene rings is 1. The van der Waals surface area contributed by atoms with E-state index in [0.29, 0.717) is 18.1 Å².